The minimum Gasteiger partial charge on any atom is -0.408 e. The number of anilines is 1. The first-order valence-corrected chi connectivity index (χ1v) is 7.00. The summed E-state index contributed by atoms with van der Waals surface area (Å²) < 4.78 is 4.94. The predicted octanol–water partition coefficient (Wildman–Crippen LogP) is 2.92. The van der Waals surface area contributed by atoms with Crippen molar-refractivity contribution in [1.29, 1.82) is 0 Å². The van der Waals surface area contributed by atoms with E-state index in [1.54, 1.807) is 18.2 Å². The Morgan fingerprint density at radius 1 is 1.18 bits per heavy atom. The van der Waals surface area contributed by atoms with Crippen molar-refractivity contribution >= 4 is 22.7 Å². The third-order valence-corrected chi connectivity index (χ3v) is 3.52. The molecule has 0 saturated heterocycles. The molecule has 1 aromatic heterocycles. The van der Waals surface area contributed by atoms with E-state index in [-0.39, 0.29) is 12.3 Å². The van der Waals surface area contributed by atoms with Gasteiger partial charge in [-0.1, -0.05) is 18.2 Å². The fraction of sp³-hybridized carbons (Fsp3) is 0.176. The van der Waals surface area contributed by atoms with Crippen LogP contribution in [-0.2, 0) is 11.2 Å². The summed E-state index contributed by atoms with van der Waals surface area (Å²) in [4.78, 5) is 25.9. The Bertz CT molecular complexity index is 906. The number of fused-ring (bicyclic) bond motifs is 1. The van der Waals surface area contributed by atoms with Gasteiger partial charge in [-0.15, -0.1) is 0 Å². The van der Waals surface area contributed by atoms with Gasteiger partial charge in [0.2, 0.25) is 5.91 Å². The minimum absolute atomic E-state index is 0.0982. The summed E-state index contributed by atoms with van der Waals surface area (Å²) in [6.07, 6.45) is 0.233. The Morgan fingerprint density at radius 3 is 2.82 bits per heavy atom. The quantitative estimate of drug-likeness (QED) is 0.780. The molecule has 0 aliphatic heterocycles. The molecule has 0 aliphatic carbocycles. The molecule has 112 valence electrons. The Labute approximate surface area is 127 Å². The molecular weight excluding hydrogens is 280 g/mol. The lowest BCUT2D eigenvalue weighted by molar-refractivity contribution is -0.115. The van der Waals surface area contributed by atoms with Crippen LogP contribution in [0.3, 0.4) is 0 Å². The molecule has 1 amide bonds. The lowest BCUT2D eigenvalue weighted by Gasteiger charge is -2.09. The summed E-state index contributed by atoms with van der Waals surface area (Å²) >= 11 is 0. The summed E-state index contributed by atoms with van der Waals surface area (Å²) in [6.45, 7) is 3.94. The summed E-state index contributed by atoms with van der Waals surface area (Å²) in [5, 5.41) is 2.92. The normalized spacial score (nSPS) is 10.8. The van der Waals surface area contributed by atoms with E-state index in [1.807, 2.05) is 32.0 Å². The van der Waals surface area contributed by atoms with Crippen molar-refractivity contribution in [2.75, 3.05) is 5.32 Å². The number of rotatable bonds is 3. The molecule has 5 heteroatoms. The number of H-pyrrole nitrogens is 1. The highest BCUT2D eigenvalue weighted by Crippen LogP contribution is 2.17. The van der Waals surface area contributed by atoms with E-state index < -0.39 is 5.76 Å². The lowest BCUT2D eigenvalue weighted by Crippen LogP contribution is -2.15. The first kappa shape index (κ1) is 14.1. The van der Waals surface area contributed by atoms with Crippen molar-refractivity contribution < 1.29 is 9.21 Å². The molecule has 0 saturated carbocycles. The molecule has 1 heterocycles. The maximum absolute atomic E-state index is 12.2. The van der Waals surface area contributed by atoms with Crippen molar-refractivity contribution in [2.45, 2.75) is 20.3 Å². The molecule has 0 aliphatic rings. The summed E-state index contributed by atoms with van der Waals surface area (Å²) in [7, 11) is 0. The number of hydrogen-bond donors (Lipinski definition) is 2. The minimum atomic E-state index is -0.494. The molecule has 0 unspecified atom stereocenters. The Hall–Kier alpha value is -2.82. The van der Waals surface area contributed by atoms with Gasteiger partial charge in [0.15, 0.2) is 5.58 Å². The van der Waals surface area contributed by atoms with Crippen LogP contribution in [0.1, 0.15) is 16.7 Å². The summed E-state index contributed by atoms with van der Waals surface area (Å²) in [5.74, 6) is -0.592. The molecule has 0 radical (unpaired) electrons. The number of carbonyl (C=O) groups excluding carboxylic acids is 1. The first-order chi connectivity index (χ1) is 10.5. The SMILES string of the molecule is Cc1ccc(C)c(NC(=O)Cc2ccc3oc(=O)[nH]c3c2)c1. The van der Waals surface area contributed by atoms with Gasteiger partial charge in [-0.25, -0.2) is 4.79 Å². The zero-order valence-electron chi connectivity index (χ0n) is 12.4. The maximum Gasteiger partial charge on any atom is 0.417 e. The molecule has 0 bridgehead atoms. The lowest BCUT2D eigenvalue weighted by atomic mass is 10.1. The van der Waals surface area contributed by atoms with Crippen LogP contribution in [0.25, 0.3) is 11.1 Å². The maximum atomic E-state index is 12.2. The predicted molar refractivity (Wildman–Crippen MR) is 85.1 cm³/mol. The third kappa shape index (κ3) is 2.93. The highest BCUT2D eigenvalue weighted by molar-refractivity contribution is 5.93. The van der Waals surface area contributed by atoms with Crippen LogP contribution < -0.4 is 11.1 Å². The summed E-state index contributed by atoms with van der Waals surface area (Å²) in [5.41, 5.74) is 4.84. The summed E-state index contributed by atoms with van der Waals surface area (Å²) in [6, 6.07) is 11.2. The van der Waals surface area contributed by atoms with Crippen LogP contribution in [0.5, 0.6) is 0 Å². The number of nitrogens with one attached hydrogen (secondary N) is 2. The Kier molecular flexibility index (Phi) is 3.55. The smallest absolute Gasteiger partial charge is 0.408 e. The van der Waals surface area contributed by atoms with Gasteiger partial charge in [0, 0.05) is 5.69 Å². The number of aromatic nitrogens is 1. The van der Waals surface area contributed by atoms with E-state index in [0.29, 0.717) is 11.1 Å². The second-order valence-electron chi connectivity index (χ2n) is 5.39. The zero-order chi connectivity index (χ0) is 15.7. The number of aromatic amines is 1. The van der Waals surface area contributed by atoms with Gasteiger partial charge in [-0.05, 0) is 48.7 Å². The first-order valence-electron chi connectivity index (χ1n) is 7.00. The van der Waals surface area contributed by atoms with Crippen LogP contribution in [0, 0.1) is 13.8 Å². The molecule has 3 rings (SSSR count). The van der Waals surface area contributed by atoms with Gasteiger partial charge in [-0.3, -0.25) is 9.78 Å². The zero-order valence-corrected chi connectivity index (χ0v) is 12.4. The number of amides is 1. The second-order valence-corrected chi connectivity index (χ2v) is 5.39. The van der Waals surface area contributed by atoms with Crippen LogP contribution in [-0.4, -0.2) is 10.9 Å². The molecule has 0 atom stereocenters. The van der Waals surface area contributed by atoms with Crippen molar-refractivity contribution in [3.8, 4) is 0 Å². The van der Waals surface area contributed by atoms with E-state index in [9.17, 15) is 9.59 Å². The van der Waals surface area contributed by atoms with Crippen LogP contribution in [0.4, 0.5) is 5.69 Å². The Morgan fingerprint density at radius 2 is 2.00 bits per heavy atom. The Balaban J connectivity index is 1.77. The van der Waals surface area contributed by atoms with Gasteiger partial charge in [0.25, 0.3) is 0 Å². The van der Waals surface area contributed by atoms with Crippen molar-refractivity contribution in [1.82, 2.24) is 4.98 Å². The molecule has 3 aromatic rings. The number of hydrogen-bond acceptors (Lipinski definition) is 3. The number of oxazole rings is 1. The molecule has 5 nitrogen and oxygen atoms in total. The fourth-order valence-electron chi connectivity index (χ4n) is 2.36. The van der Waals surface area contributed by atoms with Gasteiger partial charge < -0.3 is 9.73 Å². The van der Waals surface area contributed by atoms with E-state index in [1.165, 1.54) is 0 Å². The van der Waals surface area contributed by atoms with Crippen LogP contribution >= 0.6 is 0 Å². The van der Waals surface area contributed by atoms with Crippen molar-refractivity contribution in [3.63, 3.8) is 0 Å². The average Bonchev–Trinajstić information content (AvgIpc) is 2.82. The fourth-order valence-corrected chi connectivity index (χ4v) is 2.36. The van der Waals surface area contributed by atoms with Crippen molar-refractivity contribution in [3.05, 3.63) is 63.6 Å². The molecule has 2 aromatic carbocycles. The number of aryl methyl sites for hydroxylation is 2. The van der Waals surface area contributed by atoms with Gasteiger partial charge in [0.05, 0.1) is 11.9 Å². The standard InChI is InChI=1S/C17H16N2O3/c1-10-3-4-11(2)13(7-10)18-16(20)9-12-5-6-15-14(8-12)19-17(21)22-15/h3-8H,9H2,1-2H3,(H,18,20)(H,19,21). The van der Waals surface area contributed by atoms with Gasteiger partial charge in [-0.2, -0.15) is 0 Å². The van der Waals surface area contributed by atoms with E-state index in [0.717, 1.165) is 22.4 Å². The van der Waals surface area contributed by atoms with Crippen LogP contribution in [0.2, 0.25) is 0 Å². The third-order valence-electron chi connectivity index (χ3n) is 3.52. The number of carbonyl (C=O) groups is 1. The number of benzene rings is 2. The molecule has 2 N–H and O–H groups in total. The van der Waals surface area contributed by atoms with Gasteiger partial charge in [0.1, 0.15) is 0 Å². The monoisotopic (exact) mass is 296 g/mol. The molecule has 0 spiro atoms. The molecule has 22 heavy (non-hydrogen) atoms. The van der Waals surface area contributed by atoms with E-state index >= 15 is 0 Å². The van der Waals surface area contributed by atoms with E-state index in [4.69, 9.17) is 4.42 Å². The van der Waals surface area contributed by atoms with E-state index in [2.05, 4.69) is 10.3 Å². The highest BCUT2D eigenvalue weighted by atomic mass is 16.4. The van der Waals surface area contributed by atoms with Crippen molar-refractivity contribution in [2.24, 2.45) is 0 Å². The van der Waals surface area contributed by atoms with Gasteiger partial charge >= 0.3 is 5.76 Å². The largest absolute Gasteiger partial charge is 0.417 e. The molecule has 0 fully saturated rings. The van der Waals surface area contributed by atoms with Crippen LogP contribution in [0.15, 0.2) is 45.6 Å². The second kappa shape index (κ2) is 5.52. The average molecular weight is 296 g/mol. The highest BCUT2D eigenvalue weighted by Gasteiger charge is 2.08. The molecular formula is C17H16N2O3. The topological polar surface area (TPSA) is 75.1 Å².